The topological polar surface area (TPSA) is 66.4 Å². The molecule has 2 atom stereocenters. The van der Waals surface area contributed by atoms with Crippen molar-refractivity contribution in [3.8, 4) is 0 Å². The molecule has 2 N–H and O–H groups in total. The Morgan fingerprint density at radius 1 is 1.15 bits per heavy atom. The number of nitrogens with one attached hydrogen (secondary N) is 1. The molecule has 0 radical (unpaired) electrons. The summed E-state index contributed by atoms with van der Waals surface area (Å²) in [6.07, 6.45) is 6.17. The molecular formula is C16H27NO3. The maximum absolute atomic E-state index is 12.1. The third kappa shape index (κ3) is 3.15. The molecule has 2 aliphatic rings. The Kier molecular flexibility index (Phi) is 4.40. The van der Waals surface area contributed by atoms with Gasteiger partial charge in [-0.3, -0.25) is 9.59 Å². The van der Waals surface area contributed by atoms with Crippen LogP contribution in [0.2, 0.25) is 0 Å². The van der Waals surface area contributed by atoms with Gasteiger partial charge >= 0.3 is 5.97 Å². The van der Waals surface area contributed by atoms with Crippen LogP contribution < -0.4 is 5.32 Å². The molecule has 0 spiro atoms. The smallest absolute Gasteiger partial charge is 0.307 e. The maximum atomic E-state index is 12.1. The molecule has 4 heteroatoms. The van der Waals surface area contributed by atoms with Crippen molar-refractivity contribution >= 4 is 11.9 Å². The first-order chi connectivity index (χ1) is 9.34. The van der Waals surface area contributed by atoms with Crippen LogP contribution in [-0.4, -0.2) is 23.5 Å². The van der Waals surface area contributed by atoms with E-state index in [2.05, 4.69) is 12.2 Å². The molecule has 0 aromatic carbocycles. The summed E-state index contributed by atoms with van der Waals surface area (Å²) < 4.78 is 0. The van der Waals surface area contributed by atoms with Crippen LogP contribution in [0, 0.1) is 29.1 Å². The fourth-order valence-electron chi connectivity index (χ4n) is 3.72. The summed E-state index contributed by atoms with van der Waals surface area (Å²) in [6, 6.07) is 0. The fraction of sp³-hybridized carbons (Fsp3) is 0.875. The van der Waals surface area contributed by atoms with Crippen LogP contribution in [0.3, 0.4) is 0 Å². The molecule has 20 heavy (non-hydrogen) atoms. The van der Waals surface area contributed by atoms with Crippen molar-refractivity contribution in [2.75, 3.05) is 6.54 Å². The summed E-state index contributed by atoms with van der Waals surface area (Å²) in [7, 11) is 0. The van der Waals surface area contributed by atoms with Crippen LogP contribution in [0.4, 0.5) is 0 Å². The second kappa shape index (κ2) is 5.74. The Balaban J connectivity index is 1.70. The number of hydrogen-bond donors (Lipinski definition) is 2. The van der Waals surface area contributed by atoms with Crippen molar-refractivity contribution in [2.24, 2.45) is 29.1 Å². The van der Waals surface area contributed by atoms with Gasteiger partial charge in [-0.05, 0) is 23.7 Å². The Labute approximate surface area is 121 Å². The van der Waals surface area contributed by atoms with Gasteiger partial charge in [0, 0.05) is 6.54 Å². The van der Waals surface area contributed by atoms with Gasteiger partial charge in [0.15, 0.2) is 0 Å². The van der Waals surface area contributed by atoms with Crippen LogP contribution in [0.15, 0.2) is 0 Å². The van der Waals surface area contributed by atoms with E-state index in [9.17, 15) is 9.59 Å². The largest absolute Gasteiger partial charge is 0.481 e. The van der Waals surface area contributed by atoms with E-state index in [-0.39, 0.29) is 11.8 Å². The second-order valence-electron chi connectivity index (χ2n) is 7.32. The minimum atomic E-state index is -0.851. The Morgan fingerprint density at radius 2 is 1.75 bits per heavy atom. The first-order valence-corrected chi connectivity index (χ1v) is 7.84. The van der Waals surface area contributed by atoms with Crippen LogP contribution in [0.25, 0.3) is 0 Å². The second-order valence-corrected chi connectivity index (χ2v) is 7.32. The summed E-state index contributed by atoms with van der Waals surface area (Å²) >= 11 is 0. The molecule has 4 nitrogen and oxygen atoms in total. The van der Waals surface area contributed by atoms with E-state index in [1.54, 1.807) is 0 Å². The Hall–Kier alpha value is -1.06. The lowest BCUT2D eigenvalue weighted by Gasteiger charge is -2.26. The number of hydrogen-bond acceptors (Lipinski definition) is 2. The zero-order valence-corrected chi connectivity index (χ0v) is 12.8. The molecule has 2 aliphatic carbocycles. The zero-order valence-electron chi connectivity index (χ0n) is 12.8. The summed E-state index contributed by atoms with van der Waals surface area (Å²) in [4.78, 5) is 23.1. The quantitative estimate of drug-likeness (QED) is 0.814. The molecule has 0 saturated heterocycles. The van der Waals surface area contributed by atoms with E-state index in [0.717, 1.165) is 18.3 Å². The summed E-state index contributed by atoms with van der Waals surface area (Å²) in [6.45, 7) is 6.72. The third-order valence-electron chi connectivity index (χ3n) is 5.36. The minimum Gasteiger partial charge on any atom is -0.481 e. The van der Waals surface area contributed by atoms with Crippen molar-refractivity contribution in [1.29, 1.82) is 0 Å². The van der Waals surface area contributed by atoms with Gasteiger partial charge in [-0.15, -0.1) is 0 Å². The molecule has 114 valence electrons. The average molecular weight is 281 g/mol. The van der Waals surface area contributed by atoms with E-state index >= 15 is 0 Å². The molecule has 1 amide bonds. The molecule has 2 unspecified atom stereocenters. The summed E-state index contributed by atoms with van der Waals surface area (Å²) in [5.41, 5.74) is -0.393. The minimum absolute atomic E-state index is 0.0772. The monoisotopic (exact) mass is 281 g/mol. The third-order valence-corrected chi connectivity index (χ3v) is 5.36. The van der Waals surface area contributed by atoms with Crippen molar-refractivity contribution in [3.63, 3.8) is 0 Å². The lowest BCUT2D eigenvalue weighted by Crippen LogP contribution is -2.29. The first kappa shape index (κ1) is 15.3. The average Bonchev–Trinajstić information content (AvgIpc) is 2.95. The molecule has 2 saturated carbocycles. The number of rotatable bonds is 5. The van der Waals surface area contributed by atoms with Gasteiger partial charge in [0.1, 0.15) is 0 Å². The number of aliphatic carboxylic acids is 1. The normalized spacial score (nSPS) is 35.4. The molecule has 0 heterocycles. The number of carboxylic acid groups (broad SMARTS) is 1. The van der Waals surface area contributed by atoms with Crippen molar-refractivity contribution in [2.45, 2.75) is 52.9 Å². The number of carbonyl (C=O) groups excluding carboxylic acids is 1. The Morgan fingerprint density at radius 3 is 2.25 bits per heavy atom. The lowest BCUT2D eigenvalue weighted by atomic mass is 9.81. The molecule has 0 aliphatic heterocycles. The Bertz CT molecular complexity index is 383. The van der Waals surface area contributed by atoms with Gasteiger partial charge in [0.05, 0.1) is 11.8 Å². The van der Waals surface area contributed by atoms with Gasteiger partial charge in [-0.1, -0.05) is 46.5 Å². The molecule has 2 rings (SSSR count). The van der Waals surface area contributed by atoms with E-state index in [1.807, 2.05) is 13.8 Å². The number of amides is 1. The highest BCUT2D eigenvalue weighted by atomic mass is 16.4. The summed E-state index contributed by atoms with van der Waals surface area (Å²) in [5.74, 6) is -0.217. The molecule has 0 aromatic rings. The SMILES string of the molecule is CC1CCC(CCNC(=O)C2C(C(=O)O)C2(C)C)CC1. The highest BCUT2D eigenvalue weighted by molar-refractivity contribution is 5.91. The van der Waals surface area contributed by atoms with Gasteiger partial charge < -0.3 is 10.4 Å². The molecule has 0 aromatic heterocycles. The standard InChI is InChI=1S/C16H27NO3/c1-10-4-6-11(7-5-10)8-9-17-14(18)12-13(15(19)20)16(12,2)3/h10-13H,4-9H2,1-3H3,(H,17,18)(H,19,20). The van der Waals surface area contributed by atoms with E-state index in [1.165, 1.54) is 25.7 Å². The molecular weight excluding hydrogens is 254 g/mol. The highest BCUT2D eigenvalue weighted by Gasteiger charge is 2.65. The van der Waals surface area contributed by atoms with Crippen LogP contribution in [-0.2, 0) is 9.59 Å². The number of carbonyl (C=O) groups is 2. The maximum Gasteiger partial charge on any atom is 0.307 e. The van der Waals surface area contributed by atoms with Crippen molar-refractivity contribution < 1.29 is 14.7 Å². The predicted octanol–water partition coefficient (Wildman–Crippen LogP) is 2.68. The number of carboxylic acids is 1. The van der Waals surface area contributed by atoms with Gasteiger partial charge in [-0.25, -0.2) is 0 Å². The predicted molar refractivity (Wildman–Crippen MR) is 77.1 cm³/mol. The fourth-order valence-corrected chi connectivity index (χ4v) is 3.72. The lowest BCUT2D eigenvalue weighted by molar-refractivity contribution is -0.140. The van der Waals surface area contributed by atoms with E-state index < -0.39 is 17.3 Å². The van der Waals surface area contributed by atoms with Crippen LogP contribution in [0.1, 0.15) is 52.9 Å². The van der Waals surface area contributed by atoms with Crippen molar-refractivity contribution in [3.05, 3.63) is 0 Å². The van der Waals surface area contributed by atoms with Crippen LogP contribution >= 0.6 is 0 Å². The van der Waals surface area contributed by atoms with Crippen LogP contribution in [0.5, 0.6) is 0 Å². The van der Waals surface area contributed by atoms with Gasteiger partial charge in [0.25, 0.3) is 0 Å². The zero-order chi connectivity index (χ0) is 14.9. The molecule has 2 fully saturated rings. The molecule has 0 bridgehead atoms. The van der Waals surface area contributed by atoms with Crippen molar-refractivity contribution in [1.82, 2.24) is 5.32 Å². The van der Waals surface area contributed by atoms with Gasteiger partial charge in [0.2, 0.25) is 5.91 Å². The van der Waals surface area contributed by atoms with E-state index in [4.69, 9.17) is 5.11 Å². The van der Waals surface area contributed by atoms with E-state index in [0.29, 0.717) is 6.54 Å². The summed E-state index contributed by atoms with van der Waals surface area (Å²) in [5, 5.41) is 12.0. The highest BCUT2D eigenvalue weighted by Crippen LogP contribution is 2.58. The first-order valence-electron chi connectivity index (χ1n) is 7.84. The van der Waals surface area contributed by atoms with Gasteiger partial charge in [-0.2, -0.15) is 0 Å².